The van der Waals surface area contributed by atoms with Crippen molar-refractivity contribution in [2.45, 2.75) is 6.92 Å². The van der Waals surface area contributed by atoms with Crippen molar-refractivity contribution in [3.63, 3.8) is 0 Å². The second-order valence-corrected chi connectivity index (χ2v) is 7.25. The number of hydrogen-bond acceptors (Lipinski definition) is 8. The van der Waals surface area contributed by atoms with Crippen LogP contribution in [0.2, 0.25) is 5.02 Å². The number of hydroxylamine groups is 1. The third-order valence-corrected chi connectivity index (χ3v) is 4.52. The number of benzene rings is 1. The van der Waals surface area contributed by atoms with Crippen molar-refractivity contribution in [1.29, 1.82) is 0 Å². The van der Waals surface area contributed by atoms with Crippen LogP contribution in [0.25, 0.3) is 11.1 Å². The lowest BCUT2D eigenvalue weighted by atomic mass is 10.1. The normalized spacial score (nSPS) is 11.4. The molecule has 0 radical (unpaired) electrons. The zero-order chi connectivity index (χ0) is 25.4. The van der Waals surface area contributed by atoms with Gasteiger partial charge in [0.25, 0.3) is 5.91 Å². The highest BCUT2D eigenvalue weighted by atomic mass is 35.5. The van der Waals surface area contributed by atoms with Gasteiger partial charge in [-0.1, -0.05) is 11.6 Å². The number of nitrogens with one attached hydrogen (secondary N) is 3. The molecule has 3 rings (SSSR count). The Morgan fingerprint density at radius 1 is 1.23 bits per heavy atom. The third-order valence-electron chi connectivity index (χ3n) is 4.23. The maximum Gasteiger partial charge on any atom is 0.276 e. The largest absolute Gasteiger partial charge is 0.384 e. The number of nitrogens with zero attached hydrogens (tertiary/aromatic N) is 4. The molecule has 0 saturated heterocycles. The Morgan fingerprint density at radius 2 is 2.03 bits per heavy atom. The average Bonchev–Trinajstić information content (AvgIpc) is 2.81. The molecule has 11 nitrogen and oxygen atoms in total. The summed E-state index contributed by atoms with van der Waals surface area (Å²) in [4.78, 5) is 44.3. The molecule has 5 N–H and O–H groups in total. The number of aromatic nitrogens is 3. The Morgan fingerprint density at radius 3 is 2.74 bits per heavy atom. The Bertz CT molecular complexity index is 1320. The fraction of sp³-hybridized carbons (Fsp3) is 0.0909. The van der Waals surface area contributed by atoms with E-state index in [-0.39, 0.29) is 22.4 Å². The van der Waals surface area contributed by atoms with Crippen LogP contribution in [-0.4, -0.2) is 39.7 Å². The SMILES string of the molecule is CONC(=O)c1cncc(-c2cnc(Nc3ccc(F)c(Cl)c3)nc2N/C=C\C(N)=NC(C)=O)c1. The Hall–Kier alpha value is -4.42. The van der Waals surface area contributed by atoms with Gasteiger partial charge >= 0.3 is 0 Å². The summed E-state index contributed by atoms with van der Waals surface area (Å²) in [5, 5.41) is 5.82. The highest BCUT2D eigenvalue weighted by Crippen LogP contribution is 2.28. The van der Waals surface area contributed by atoms with E-state index in [0.717, 1.165) is 0 Å². The van der Waals surface area contributed by atoms with E-state index >= 15 is 0 Å². The molecular formula is C22H20ClFN8O3. The summed E-state index contributed by atoms with van der Waals surface area (Å²) in [6, 6.07) is 5.65. The number of anilines is 3. The van der Waals surface area contributed by atoms with Crippen LogP contribution in [0.4, 0.5) is 21.8 Å². The van der Waals surface area contributed by atoms with Gasteiger partial charge in [0, 0.05) is 48.5 Å². The number of rotatable bonds is 8. The molecule has 0 atom stereocenters. The predicted molar refractivity (Wildman–Crippen MR) is 129 cm³/mol. The molecule has 3 aromatic rings. The van der Waals surface area contributed by atoms with Gasteiger partial charge < -0.3 is 16.4 Å². The average molecular weight is 499 g/mol. The van der Waals surface area contributed by atoms with Crippen LogP contribution in [0, 0.1) is 5.82 Å². The van der Waals surface area contributed by atoms with Crippen molar-refractivity contribution in [2.75, 3.05) is 17.7 Å². The molecule has 0 saturated carbocycles. The first-order chi connectivity index (χ1) is 16.8. The minimum atomic E-state index is -0.560. The molecule has 2 heterocycles. The molecule has 13 heteroatoms. The van der Waals surface area contributed by atoms with E-state index in [1.165, 1.54) is 63.1 Å². The number of pyridine rings is 1. The van der Waals surface area contributed by atoms with Crippen LogP contribution < -0.4 is 21.8 Å². The first kappa shape index (κ1) is 25.2. The van der Waals surface area contributed by atoms with Crippen molar-refractivity contribution in [1.82, 2.24) is 20.4 Å². The fourth-order valence-corrected chi connectivity index (χ4v) is 2.93. The minimum Gasteiger partial charge on any atom is -0.384 e. The van der Waals surface area contributed by atoms with Gasteiger partial charge in [0.1, 0.15) is 17.5 Å². The van der Waals surface area contributed by atoms with E-state index in [1.54, 1.807) is 6.07 Å². The van der Waals surface area contributed by atoms with Crippen molar-refractivity contribution in [3.05, 3.63) is 71.5 Å². The number of carbonyl (C=O) groups is 2. The lowest BCUT2D eigenvalue weighted by Gasteiger charge is -2.12. The summed E-state index contributed by atoms with van der Waals surface area (Å²) < 4.78 is 13.5. The maximum atomic E-state index is 13.5. The van der Waals surface area contributed by atoms with Gasteiger partial charge in [-0.2, -0.15) is 9.98 Å². The first-order valence-corrected chi connectivity index (χ1v) is 10.3. The third kappa shape index (κ3) is 7.03. The van der Waals surface area contributed by atoms with Gasteiger partial charge in [0.2, 0.25) is 11.9 Å². The van der Waals surface area contributed by atoms with Gasteiger partial charge in [-0.15, -0.1) is 0 Å². The van der Waals surface area contributed by atoms with E-state index in [4.69, 9.17) is 17.3 Å². The number of nitrogens with two attached hydrogens (primary N) is 1. The summed E-state index contributed by atoms with van der Waals surface area (Å²) in [6.45, 7) is 1.27. The first-order valence-electron chi connectivity index (χ1n) is 9.92. The summed E-state index contributed by atoms with van der Waals surface area (Å²) in [6.07, 6.45) is 7.20. The van der Waals surface area contributed by atoms with Crippen molar-refractivity contribution >= 4 is 46.7 Å². The summed E-state index contributed by atoms with van der Waals surface area (Å²) in [7, 11) is 1.32. The maximum absolute atomic E-state index is 13.5. The van der Waals surface area contributed by atoms with E-state index in [1.807, 2.05) is 0 Å². The summed E-state index contributed by atoms with van der Waals surface area (Å²) in [5.74, 6) is -1.04. The molecule has 0 aliphatic carbocycles. The fourth-order valence-electron chi connectivity index (χ4n) is 2.75. The number of carbonyl (C=O) groups excluding carboxylic acids is 2. The molecule has 0 unspecified atom stereocenters. The van der Waals surface area contributed by atoms with Crippen LogP contribution in [0.15, 0.2) is 60.1 Å². The summed E-state index contributed by atoms with van der Waals surface area (Å²) in [5.41, 5.74) is 9.61. The number of halogens is 2. The van der Waals surface area contributed by atoms with E-state index in [0.29, 0.717) is 22.6 Å². The van der Waals surface area contributed by atoms with E-state index < -0.39 is 17.6 Å². The molecule has 2 aromatic heterocycles. The molecule has 35 heavy (non-hydrogen) atoms. The van der Waals surface area contributed by atoms with Crippen LogP contribution in [-0.2, 0) is 9.63 Å². The second kappa shape index (κ2) is 11.6. The van der Waals surface area contributed by atoms with Crippen molar-refractivity contribution in [3.8, 4) is 11.1 Å². The van der Waals surface area contributed by atoms with Gasteiger partial charge in [0.05, 0.1) is 17.7 Å². The second-order valence-electron chi connectivity index (χ2n) is 6.84. The molecule has 0 spiro atoms. The zero-order valence-corrected chi connectivity index (χ0v) is 19.3. The smallest absolute Gasteiger partial charge is 0.276 e. The molecule has 0 fully saturated rings. The predicted octanol–water partition coefficient (Wildman–Crippen LogP) is 3.20. The molecule has 0 aliphatic heterocycles. The van der Waals surface area contributed by atoms with Gasteiger partial charge in [0.15, 0.2) is 0 Å². The molecule has 1 aromatic carbocycles. The molecule has 2 amide bonds. The topological polar surface area (TPSA) is 157 Å². The molecule has 0 bridgehead atoms. The van der Waals surface area contributed by atoms with Crippen LogP contribution in [0.5, 0.6) is 0 Å². The van der Waals surface area contributed by atoms with Crippen molar-refractivity contribution in [2.24, 2.45) is 10.7 Å². The van der Waals surface area contributed by atoms with E-state index in [2.05, 4.69) is 40.9 Å². The molecular weight excluding hydrogens is 479 g/mol. The van der Waals surface area contributed by atoms with E-state index in [9.17, 15) is 14.0 Å². The number of hydrogen-bond donors (Lipinski definition) is 4. The minimum absolute atomic E-state index is 0.0141. The number of amidine groups is 1. The highest BCUT2D eigenvalue weighted by molar-refractivity contribution is 6.31. The van der Waals surface area contributed by atoms with Gasteiger partial charge in [-0.25, -0.2) is 14.9 Å². The van der Waals surface area contributed by atoms with Gasteiger partial charge in [-0.3, -0.25) is 19.4 Å². The summed E-state index contributed by atoms with van der Waals surface area (Å²) >= 11 is 5.84. The Balaban J connectivity index is 1.98. The van der Waals surface area contributed by atoms with Crippen LogP contribution in [0.3, 0.4) is 0 Å². The molecule has 0 aliphatic rings. The Labute approximate surface area is 204 Å². The van der Waals surface area contributed by atoms with Gasteiger partial charge in [-0.05, 0) is 30.3 Å². The lowest BCUT2D eigenvalue weighted by Crippen LogP contribution is -2.21. The van der Waals surface area contributed by atoms with Crippen molar-refractivity contribution < 1.29 is 18.8 Å². The lowest BCUT2D eigenvalue weighted by molar-refractivity contribution is -0.115. The quantitative estimate of drug-likeness (QED) is 0.208. The monoisotopic (exact) mass is 498 g/mol. The Kier molecular flexibility index (Phi) is 8.38. The standard InChI is InChI=1S/C22H20ClFN8O3/c1-12(33)29-19(25)5-6-27-20-16(13-7-14(10-26-9-13)21(34)32-35-2)11-28-22(31-20)30-15-3-4-18(24)17(23)8-15/h3-11H,1-2H3,(H,32,34)(H2,25,29,33)(H2,27,28,30,31)/b6-5-. The highest BCUT2D eigenvalue weighted by Gasteiger charge is 2.13. The number of amides is 2. The van der Waals surface area contributed by atoms with Crippen LogP contribution >= 0.6 is 11.6 Å². The number of aliphatic imine (C=N–C) groups is 1. The van der Waals surface area contributed by atoms with Crippen LogP contribution in [0.1, 0.15) is 17.3 Å². The zero-order valence-electron chi connectivity index (χ0n) is 18.5. The molecule has 180 valence electrons.